The summed E-state index contributed by atoms with van der Waals surface area (Å²) in [5, 5.41) is 0. The highest BCUT2D eigenvalue weighted by atomic mass is 32.1. The van der Waals surface area contributed by atoms with Crippen LogP contribution in [0.25, 0.3) is 22.3 Å². The van der Waals surface area contributed by atoms with Gasteiger partial charge in [0.1, 0.15) is 0 Å². The first-order chi connectivity index (χ1) is 26.2. The third-order valence-corrected chi connectivity index (χ3v) is 12.4. The zero-order valence-electron chi connectivity index (χ0n) is 29.5. The Balaban J connectivity index is 1.05. The van der Waals surface area contributed by atoms with E-state index in [1.807, 2.05) is 52.3 Å². The summed E-state index contributed by atoms with van der Waals surface area (Å²) in [6.07, 6.45) is 8.63. The Morgan fingerprint density at radius 3 is 1.83 bits per heavy atom. The maximum Gasteiger partial charge on any atom is 0.246 e. The van der Waals surface area contributed by atoms with Gasteiger partial charge in [-0.25, -0.2) is 9.97 Å². The van der Waals surface area contributed by atoms with Gasteiger partial charge < -0.3 is 9.80 Å². The summed E-state index contributed by atoms with van der Waals surface area (Å²) in [6.45, 7) is 7.85. The summed E-state index contributed by atoms with van der Waals surface area (Å²) in [4.78, 5) is 42.9. The number of nitrogens with zero attached hydrogens (tertiary/aromatic N) is 4. The van der Waals surface area contributed by atoms with Gasteiger partial charge in [0.2, 0.25) is 23.7 Å². The Labute approximate surface area is 320 Å². The summed E-state index contributed by atoms with van der Waals surface area (Å²) in [5.41, 5.74) is 8.03. The number of aromatic nitrogens is 2. The quantitative estimate of drug-likeness (QED) is 0.115. The number of pyridine rings is 2. The molecular formula is C44H36F2N4O2S2. The predicted octanol–water partition coefficient (Wildman–Crippen LogP) is 9.45. The van der Waals surface area contributed by atoms with Crippen LogP contribution in [0.5, 0.6) is 0 Å². The van der Waals surface area contributed by atoms with E-state index >= 15 is 0 Å². The fraction of sp³-hybridized carbons (Fsp3) is 0.182. The second kappa shape index (κ2) is 15.0. The van der Waals surface area contributed by atoms with E-state index in [9.17, 15) is 18.4 Å². The molecule has 0 spiro atoms. The fourth-order valence-electron chi connectivity index (χ4n) is 7.71. The molecule has 0 fully saturated rings. The highest BCUT2D eigenvalue weighted by Crippen LogP contribution is 2.43. The molecule has 0 saturated carbocycles. The lowest BCUT2D eigenvalue weighted by molar-refractivity contribution is -0.127. The SMILES string of the molecule is C=CC(=O)N1Cc2sc(C/C=C/C(=O)N3Cc4sc(C)cc4[C@@H](c4ccccc4-c4ccc(F)nc4)C3)cc2[C@H](c2ccccc2-c2ccc(F)nc2)C1. The standard InChI is InChI=1S/C44H36F2N4O2S2/c1-3-43(51)49-23-38(34-13-7-5-11-32(34)29-16-18-42(46)48-22-29)36-20-30(54-40(36)26-49)9-8-14-44(52)50-24-37(35-19-27(2)53-39(35)25-50)33-12-6-4-10-31(33)28-15-17-41(45)47-21-28/h3-8,10-22,37-38H,1,9,23-26H2,2H3/b14-8+/t37-,38+/m1/s1. The van der Waals surface area contributed by atoms with Crippen molar-refractivity contribution in [3.05, 3.63) is 176 Å². The Morgan fingerprint density at radius 2 is 1.28 bits per heavy atom. The number of carbonyl (C=O) groups excluding carboxylic acids is 2. The first kappa shape index (κ1) is 35.4. The number of amides is 2. The lowest BCUT2D eigenvalue weighted by atomic mass is 9.84. The Kier molecular flexibility index (Phi) is 9.87. The van der Waals surface area contributed by atoms with Crippen LogP contribution in [-0.2, 0) is 29.1 Å². The highest BCUT2D eigenvalue weighted by Gasteiger charge is 2.33. The molecule has 6 aromatic rings. The van der Waals surface area contributed by atoms with E-state index in [1.165, 1.54) is 39.7 Å². The predicted molar refractivity (Wildman–Crippen MR) is 210 cm³/mol. The number of halogens is 2. The van der Waals surface area contributed by atoms with Crippen LogP contribution in [0.15, 0.2) is 122 Å². The van der Waals surface area contributed by atoms with E-state index in [0.717, 1.165) is 48.7 Å². The third-order valence-electron chi connectivity index (χ3n) is 10.2. The minimum absolute atomic E-state index is 0.0481. The van der Waals surface area contributed by atoms with Gasteiger partial charge in [0.05, 0.1) is 13.1 Å². The first-order valence-electron chi connectivity index (χ1n) is 17.7. The van der Waals surface area contributed by atoms with Gasteiger partial charge in [-0.2, -0.15) is 8.78 Å². The summed E-state index contributed by atoms with van der Waals surface area (Å²) in [5.74, 6) is -1.41. The largest absolute Gasteiger partial charge is 0.333 e. The summed E-state index contributed by atoms with van der Waals surface area (Å²) < 4.78 is 27.4. The molecule has 2 atom stereocenters. The van der Waals surface area contributed by atoms with Crippen molar-refractivity contribution in [1.82, 2.24) is 19.8 Å². The molecular weight excluding hydrogens is 719 g/mol. The number of thiophene rings is 2. The second-order valence-electron chi connectivity index (χ2n) is 13.6. The van der Waals surface area contributed by atoms with Crippen molar-refractivity contribution in [2.45, 2.75) is 38.3 Å². The molecule has 2 aromatic carbocycles. The molecule has 0 radical (unpaired) electrons. The molecule has 8 rings (SSSR count). The molecule has 6 nitrogen and oxygen atoms in total. The van der Waals surface area contributed by atoms with Crippen molar-refractivity contribution >= 4 is 34.5 Å². The number of allylic oxidation sites excluding steroid dienone is 1. The molecule has 0 unspecified atom stereocenters. The topological polar surface area (TPSA) is 66.4 Å². The lowest BCUT2D eigenvalue weighted by Crippen LogP contribution is -2.37. The van der Waals surface area contributed by atoms with Crippen LogP contribution >= 0.6 is 22.7 Å². The van der Waals surface area contributed by atoms with Gasteiger partial charge in [0.15, 0.2) is 0 Å². The number of aryl methyl sites for hydroxylation is 1. The smallest absolute Gasteiger partial charge is 0.246 e. The monoisotopic (exact) mass is 754 g/mol. The minimum Gasteiger partial charge on any atom is -0.333 e. The summed E-state index contributed by atoms with van der Waals surface area (Å²) in [7, 11) is 0. The second-order valence-corrected chi connectivity index (χ2v) is 16.2. The Hall–Kier alpha value is -5.58. The van der Waals surface area contributed by atoms with Crippen molar-refractivity contribution in [1.29, 1.82) is 0 Å². The van der Waals surface area contributed by atoms with Crippen LogP contribution in [0.2, 0.25) is 0 Å². The van der Waals surface area contributed by atoms with Gasteiger partial charge in [-0.3, -0.25) is 9.59 Å². The molecule has 10 heteroatoms. The molecule has 0 bridgehead atoms. The van der Waals surface area contributed by atoms with Gasteiger partial charge >= 0.3 is 0 Å². The van der Waals surface area contributed by atoms with Gasteiger partial charge in [-0.15, -0.1) is 22.7 Å². The van der Waals surface area contributed by atoms with E-state index < -0.39 is 11.9 Å². The van der Waals surface area contributed by atoms with Crippen molar-refractivity contribution in [2.24, 2.45) is 0 Å². The Morgan fingerprint density at radius 1 is 0.741 bits per heavy atom. The number of fused-ring (bicyclic) bond motifs is 2. The van der Waals surface area contributed by atoms with Gasteiger partial charge in [-0.1, -0.05) is 61.2 Å². The zero-order chi connectivity index (χ0) is 37.3. The van der Waals surface area contributed by atoms with Crippen LogP contribution in [0.1, 0.15) is 53.6 Å². The summed E-state index contributed by atoms with van der Waals surface area (Å²) in [6, 6.07) is 26.7. The van der Waals surface area contributed by atoms with E-state index in [-0.39, 0.29) is 23.7 Å². The van der Waals surface area contributed by atoms with Crippen LogP contribution in [0.3, 0.4) is 0 Å². The first-order valence-corrected chi connectivity index (χ1v) is 19.4. The van der Waals surface area contributed by atoms with Crippen LogP contribution < -0.4 is 0 Å². The molecule has 6 heterocycles. The third kappa shape index (κ3) is 7.07. The highest BCUT2D eigenvalue weighted by molar-refractivity contribution is 7.12. The molecule has 0 saturated heterocycles. The lowest BCUT2D eigenvalue weighted by Gasteiger charge is -2.33. The van der Waals surface area contributed by atoms with E-state index in [1.54, 1.807) is 47.1 Å². The number of hydrogen-bond donors (Lipinski definition) is 0. The van der Waals surface area contributed by atoms with E-state index in [2.05, 4.69) is 47.7 Å². The normalized spacial score (nSPS) is 16.6. The maximum absolute atomic E-state index is 13.9. The van der Waals surface area contributed by atoms with E-state index in [4.69, 9.17) is 0 Å². The molecule has 2 amide bonds. The van der Waals surface area contributed by atoms with Crippen LogP contribution in [-0.4, -0.2) is 44.7 Å². The fourth-order valence-corrected chi connectivity index (χ4v) is 10.0. The maximum atomic E-state index is 13.9. The summed E-state index contributed by atoms with van der Waals surface area (Å²) >= 11 is 3.37. The average molecular weight is 755 g/mol. The van der Waals surface area contributed by atoms with Crippen molar-refractivity contribution in [3.8, 4) is 22.3 Å². The van der Waals surface area contributed by atoms with Crippen molar-refractivity contribution in [2.75, 3.05) is 13.1 Å². The van der Waals surface area contributed by atoms with Crippen molar-refractivity contribution in [3.63, 3.8) is 0 Å². The molecule has 2 aliphatic rings. The molecule has 54 heavy (non-hydrogen) atoms. The van der Waals surface area contributed by atoms with E-state index in [0.29, 0.717) is 32.6 Å². The average Bonchev–Trinajstić information content (AvgIpc) is 3.79. The van der Waals surface area contributed by atoms with Gasteiger partial charge in [0, 0.05) is 74.4 Å². The molecule has 2 aliphatic heterocycles. The van der Waals surface area contributed by atoms with Crippen molar-refractivity contribution < 1.29 is 18.4 Å². The number of hydrogen-bond acceptors (Lipinski definition) is 6. The molecule has 4 aromatic heterocycles. The molecule has 270 valence electrons. The molecule has 0 aliphatic carbocycles. The zero-order valence-corrected chi connectivity index (χ0v) is 31.2. The minimum atomic E-state index is -0.538. The Bertz CT molecular complexity index is 2400. The van der Waals surface area contributed by atoms with Crippen LogP contribution in [0, 0.1) is 18.8 Å². The number of benzene rings is 2. The van der Waals surface area contributed by atoms with Crippen LogP contribution in [0.4, 0.5) is 8.78 Å². The van der Waals surface area contributed by atoms with Gasteiger partial charge in [-0.05, 0) is 88.9 Å². The number of rotatable bonds is 8. The van der Waals surface area contributed by atoms with Gasteiger partial charge in [0.25, 0.3) is 0 Å². The molecule has 0 N–H and O–H groups in total. The number of carbonyl (C=O) groups is 2.